The van der Waals surface area contributed by atoms with Gasteiger partial charge in [0, 0.05) is 23.9 Å². The van der Waals surface area contributed by atoms with Gasteiger partial charge in [0.2, 0.25) is 33.3 Å². The number of alkyl halides is 3. The third-order valence-electron chi connectivity index (χ3n) is 11.3. The molecule has 15 nitrogen and oxygen atoms in total. The van der Waals surface area contributed by atoms with Gasteiger partial charge in [-0.3, -0.25) is 19.1 Å². The SMILES string of the molecule is COc1cc2ccnc(OC3CC4C(=O)NC5(C(=O)NS(=O)(=O)C6(C)CC6)CC5C=CCCC(C)OC(C)C(NC(=O)OC(C)(C)C(F)(F)F)C(=O)N4C3)c2cc1F. The van der Waals surface area contributed by atoms with Crippen molar-refractivity contribution in [2.24, 2.45) is 5.92 Å². The maximum Gasteiger partial charge on any atom is 0.427 e. The number of pyridine rings is 1. The first kappa shape index (κ1) is 42.9. The van der Waals surface area contributed by atoms with Crippen LogP contribution in [0.2, 0.25) is 0 Å². The lowest BCUT2D eigenvalue weighted by Crippen LogP contribution is -2.60. The van der Waals surface area contributed by atoms with E-state index in [-0.39, 0.29) is 36.4 Å². The van der Waals surface area contributed by atoms with Crippen molar-refractivity contribution in [3.63, 3.8) is 0 Å². The largest absolute Gasteiger partial charge is 0.494 e. The van der Waals surface area contributed by atoms with Crippen molar-refractivity contribution < 1.29 is 64.1 Å². The third-order valence-corrected chi connectivity index (χ3v) is 13.5. The van der Waals surface area contributed by atoms with E-state index in [1.54, 1.807) is 25.1 Å². The number of amides is 4. The van der Waals surface area contributed by atoms with Gasteiger partial charge in [-0.25, -0.2) is 22.6 Å². The molecular weight excluding hydrogens is 795 g/mol. The van der Waals surface area contributed by atoms with E-state index in [0.29, 0.717) is 44.9 Å². The number of ether oxygens (including phenoxy) is 4. The standard InChI is InChI=1S/C38H47F4N5O10S/c1-20-9-7-8-10-23-18-37(23,33(50)46-58(52,53)36(5)12-13-36)45-30(48)27-16-24(56-31-25-17-26(39)28(54-6)15-22(25)11-14-43-31)19-47(27)32(49)29(21(2)55-20)44-34(51)57-35(3,4)38(40,41)42/h8,10-11,14-15,17,20-21,23-24,27,29H,7,9,12-13,16,18-19H2,1-6H3,(H,44,51)(H,45,48)(H,46,50). The molecule has 4 amide bonds. The maximum atomic E-state index is 14.9. The minimum atomic E-state index is -4.97. The van der Waals surface area contributed by atoms with Crippen LogP contribution >= 0.6 is 0 Å². The zero-order valence-corrected chi connectivity index (χ0v) is 33.6. The van der Waals surface area contributed by atoms with Gasteiger partial charge in [-0.1, -0.05) is 12.2 Å². The van der Waals surface area contributed by atoms with Crippen LogP contribution in [0.5, 0.6) is 11.6 Å². The topological polar surface area (TPSA) is 192 Å². The number of alkyl carbamates (subject to hydrolysis) is 1. The summed E-state index contributed by atoms with van der Waals surface area (Å²) in [6.45, 7) is 5.55. The number of halogens is 4. The van der Waals surface area contributed by atoms with Gasteiger partial charge in [0.05, 0.1) is 30.6 Å². The monoisotopic (exact) mass is 841 g/mol. The smallest absolute Gasteiger partial charge is 0.427 e. The number of hydrogen-bond acceptors (Lipinski definition) is 11. The maximum absolute atomic E-state index is 14.9. The van der Waals surface area contributed by atoms with Crippen LogP contribution in [0.15, 0.2) is 36.5 Å². The molecule has 2 saturated carbocycles. The van der Waals surface area contributed by atoms with Crippen molar-refractivity contribution in [3.8, 4) is 11.6 Å². The summed E-state index contributed by atoms with van der Waals surface area (Å²) in [7, 11) is -2.82. The molecule has 3 fully saturated rings. The molecule has 4 aliphatic rings. The second kappa shape index (κ2) is 15.5. The number of rotatable bonds is 8. The number of allylic oxidation sites excluding steroid dienone is 1. The van der Waals surface area contributed by atoms with Crippen LogP contribution in [-0.2, 0) is 33.9 Å². The van der Waals surface area contributed by atoms with Crippen LogP contribution in [-0.4, -0.2) is 108 Å². The number of sulfonamides is 1. The number of hydrogen-bond donors (Lipinski definition) is 3. The van der Waals surface area contributed by atoms with E-state index in [9.17, 15) is 45.2 Å². The van der Waals surface area contributed by atoms with Gasteiger partial charge in [-0.05, 0) is 90.3 Å². The van der Waals surface area contributed by atoms with E-state index >= 15 is 0 Å². The Bertz CT molecular complexity index is 2110. The van der Waals surface area contributed by atoms with Crippen molar-refractivity contribution >= 4 is 44.6 Å². The molecule has 0 bridgehead atoms. The van der Waals surface area contributed by atoms with E-state index in [1.807, 2.05) is 0 Å². The number of benzene rings is 1. The molecule has 1 saturated heterocycles. The van der Waals surface area contributed by atoms with Gasteiger partial charge in [0.15, 0.2) is 11.6 Å². The summed E-state index contributed by atoms with van der Waals surface area (Å²) < 4.78 is 105. The summed E-state index contributed by atoms with van der Waals surface area (Å²) in [6.07, 6.45) is -3.22. The number of carbonyl (C=O) groups is 4. The molecule has 7 atom stereocenters. The molecule has 0 spiro atoms. The van der Waals surface area contributed by atoms with Crippen molar-refractivity contribution in [1.82, 2.24) is 25.2 Å². The van der Waals surface area contributed by atoms with Gasteiger partial charge in [-0.2, -0.15) is 13.2 Å². The van der Waals surface area contributed by atoms with E-state index < -0.39 is 98.0 Å². The number of nitrogens with one attached hydrogen (secondary N) is 3. The molecular formula is C38H47F4N5O10S. The number of carbonyl (C=O) groups excluding carboxylic acids is 4. The summed E-state index contributed by atoms with van der Waals surface area (Å²) >= 11 is 0. The summed E-state index contributed by atoms with van der Waals surface area (Å²) in [5, 5.41) is 5.67. The summed E-state index contributed by atoms with van der Waals surface area (Å²) in [6, 6.07) is 1.02. The predicted octanol–water partition coefficient (Wildman–Crippen LogP) is 4.18. The molecule has 2 aromatic rings. The minimum Gasteiger partial charge on any atom is -0.494 e. The van der Waals surface area contributed by atoms with Crippen LogP contribution in [0.3, 0.4) is 0 Å². The molecule has 0 radical (unpaired) electrons. The summed E-state index contributed by atoms with van der Waals surface area (Å²) in [5.74, 6) is -4.21. The van der Waals surface area contributed by atoms with E-state index in [4.69, 9.17) is 18.9 Å². The number of methoxy groups -OCH3 is 1. The van der Waals surface area contributed by atoms with Crippen molar-refractivity contribution in [1.29, 1.82) is 0 Å². The average Bonchev–Trinajstić information content (AvgIpc) is 4.01. The second-order valence-corrected chi connectivity index (χ2v) is 18.3. The Morgan fingerprint density at radius 1 is 1.14 bits per heavy atom. The zero-order valence-electron chi connectivity index (χ0n) is 32.8. The fourth-order valence-corrected chi connectivity index (χ4v) is 8.42. The molecule has 58 heavy (non-hydrogen) atoms. The molecule has 6 rings (SSSR count). The summed E-state index contributed by atoms with van der Waals surface area (Å²) in [4.78, 5) is 61.3. The molecule has 2 aliphatic heterocycles. The van der Waals surface area contributed by atoms with Gasteiger partial charge in [0.1, 0.15) is 23.7 Å². The van der Waals surface area contributed by atoms with Crippen LogP contribution in [0.1, 0.15) is 73.1 Å². The Labute approximate surface area is 332 Å². The van der Waals surface area contributed by atoms with Crippen LogP contribution < -0.4 is 24.8 Å². The Morgan fingerprint density at radius 3 is 2.50 bits per heavy atom. The van der Waals surface area contributed by atoms with Gasteiger partial charge in [-0.15, -0.1) is 0 Å². The highest BCUT2D eigenvalue weighted by atomic mass is 32.2. The first-order valence-electron chi connectivity index (χ1n) is 18.9. The van der Waals surface area contributed by atoms with Crippen molar-refractivity contribution in [2.75, 3.05) is 13.7 Å². The first-order chi connectivity index (χ1) is 27.0. The van der Waals surface area contributed by atoms with Gasteiger partial charge < -0.3 is 34.5 Å². The number of fused-ring (bicyclic) bond motifs is 3. The van der Waals surface area contributed by atoms with Gasteiger partial charge >= 0.3 is 12.3 Å². The van der Waals surface area contributed by atoms with Crippen molar-refractivity contribution in [3.05, 3.63) is 42.4 Å². The van der Waals surface area contributed by atoms with Crippen LogP contribution in [0.25, 0.3) is 10.8 Å². The molecule has 3 heterocycles. The molecule has 318 valence electrons. The number of aromatic nitrogens is 1. The Balaban J connectivity index is 1.36. The lowest BCUT2D eigenvalue weighted by molar-refractivity contribution is -0.244. The molecule has 1 aromatic carbocycles. The van der Waals surface area contributed by atoms with Gasteiger partial charge in [0.25, 0.3) is 5.91 Å². The average molecular weight is 842 g/mol. The second-order valence-electron chi connectivity index (χ2n) is 16.1. The minimum absolute atomic E-state index is 0.0368. The van der Waals surface area contributed by atoms with E-state index in [1.165, 1.54) is 33.2 Å². The molecule has 2 aliphatic carbocycles. The lowest BCUT2D eigenvalue weighted by Gasteiger charge is -2.34. The molecule has 20 heteroatoms. The fourth-order valence-electron chi connectivity index (χ4n) is 7.11. The van der Waals surface area contributed by atoms with E-state index in [0.717, 1.165) is 11.0 Å². The lowest BCUT2D eigenvalue weighted by atomic mass is 10.1. The highest BCUT2D eigenvalue weighted by Gasteiger charge is 2.63. The van der Waals surface area contributed by atoms with Crippen LogP contribution in [0, 0.1) is 11.7 Å². The highest BCUT2D eigenvalue weighted by molar-refractivity contribution is 7.91. The molecule has 7 unspecified atom stereocenters. The Kier molecular flexibility index (Phi) is 11.4. The van der Waals surface area contributed by atoms with E-state index in [2.05, 4.69) is 20.3 Å². The highest BCUT2D eigenvalue weighted by Crippen LogP contribution is 2.47. The Morgan fingerprint density at radius 2 is 1.84 bits per heavy atom. The summed E-state index contributed by atoms with van der Waals surface area (Å²) in [5.41, 5.74) is -4.67. The predicted molar refractivity (Wildman–Crippen MR) is 198 cm³/mol. The van der Waals surface area contributed by atoms with Crippen molar-refractivity contribution in [2.45, 2.75) is 126 Å². The first-order valence-corrected chi connectivity index (χ1v) is 20.4. The molecule has 1 aromatic heterocycles. The third kappa shape index (κ3) is 8.53. The fraction of sp³-hybridized carbons (Fsp3) is 0.605. The normalized spacial score (nSPS) is 28.9. The molecule has 3 N–H and O–H groups in total. The quantitative estimate of drug-likeness (QED) is 0.255. The Hall–Kier alpha value is -4.72. The number of nitrogens with zero attached hydrogens (tertiary/aromatic N) is 2. The van der Waals surface area contributed by atoms with Crippen LogP contribution in [0.4, 0.5) is 22.4 Å². The zero-order chi connectivity index (χ0) is 42.6.